The van der Waals surface area contributed by atoms with Crippen LogP contribution in [0.2, 0.25) is 0 Å². The molecule has 0 saturated carbocycles. The van der Waals surface area contributed by atoms with E-state index in [-0.39, 0.29) is 23.0 Å². The molecule has 0 aliphatic carbocycles. The third kappa shape index (κ3) is 7.83. The second-order valence-electron chi connectivity index (χ2n) is 9.14. The first-order valence-electron chi connectivity index (χ1n) is 12.6. The van der Waals surface area contributed by atoms with Gasteiger partial charge >= 0.3 is 0 Å². The van der Waals surface area contributed by atoms with Gasteiger partial charge < -0.3 is 15.0 Å². The minimum Gasteiger partial charge on any atom is -0.497 e. The number of hydrogen-bond donors (Lipinski definition) is 1. The molecule has 0 aromatic heterocycles. The number of carbonyl (C=O) groups excluding carboxylic acids is 2. The van der Waals surface area contributed by atoms with Crippen molar-refractivity contribution < 1.29 is 22.7 Å². The number of halogens is 1. The van der Waals surface area contributed by atoms with Crippen molar-refractivity contribution in [3.8, 4) is 5.75 Å². The molecule has 0 radical (unpaired) electrons. The molecular weight excluding hydrogens is 582 g/mol. The SMILES string of the molecule is CCCNC(=O)[C@H](C)N(Cc1ccc(Br)cc1)C(=O)CN(c1cccc(OC)c1)S(=O)(=O)c1ccc(C)cc1. The van der Waals surface area contributed by atoms with Crippen LogP contribution >= 0.6 is 15.9 Å². The highest BCUT2D eigenvalue weighted by Gasteiger charge is 2.32. The molecule has 208 valence electrons. The van der Waals surface area contributed by atoms with Gasteiger partial charge in [0.05, 0.1) is 17.7 Å². The second kappa shape index (κ2) is 13.6. The maximum atomic E-state index is 13.9. The van der Waals surface area contributed by atoms with Crippen LogP contribution in [0.25, 0.3) is 0 Å². The van der Waals surface area contributed by atoms with E-state index in [1.807, 2.05) is 38.1 Å². The number of nitrogens with zero attached hydrogens (tertiary/aromatic N) is 2. The van der Waals surface area contributed by atoms with E-state index in [0.29, 0.717) is 12.3 Å². The predicted octanol–water partition coefficient (Wildman–Crippen LogP) is 4.90. The van der Waals surface area contributed by atoms with Crippen LogP contribution in [-0.2, 0) is 26.2 Å². The number of methoxy groups -OCH3 is 1. The molecule has 1 atom stereocenters. The average molecular weight is 617 g/mol. The average Bonchev–Trinajstić information content (AvgIpc) is 2.93. The van der Waals surface area contributed by atoms with Gasteiger partial charge in [-0.2, -0.15) is 0 Å². The van der Waals surface area contributed by atoms with Gasteiger partial charge in [0.25, 0.3) is 10.0 Å². The summed E-state index contributed by atoms with van der Waals surface area (Å²) in [4.78, 5) is 28.3. The van der Waals surface area contributed by atoms with Crippen LogP contribution in [0.4, 0.5) is 5.69 Å². The first-order chi connectivity index (χ1) is 18.6. The van der Waals surface area contributed by atoms with E-state index in [1.165, 1.54) is 24.1 Å². The molecule has 3 rings (SSSR count). The lowest BCUT2D eigenvalue weighted by Crippen LogP contribution is -2.51. The number of rotatable bonds is 12. The van der Waals surface area contributed by atoms with Gasteiger partial charge in [0.1, 0.15) is 18.3 Å². The van der Waals surface area contributed by atoms with Gasteiger partial charge in [-0.1, -0.05) is 58.7 Å². The zero-order chi connectivity index (χ0) is 28.6. The molecule has 10 heteroatoms. The van der Waals surface area contributed by atoms with Crippen molar-refractivity contribution in [3.63, 3.8) is 0 Å². The van der Waals surface area contributed by atoms with Gasteiger partial charge in [0.2, 0.25) is 11.8 Å². The molecule has 0 fully saturated rings. The van der Waals surface area contributed by atoms with Gasteiger partial charge in [-0.05, 0) is 62.2 Å². The Morgan fingerprint density at radius 3 is 2.31 bits per heavy atom. The summed E-state index contributed by atoms with van der Waals surface area (Å²) in [5, 5.41) is 2.84. The third-order valence-electron chi connectivity index (χ3n) is 6.21. The van der Waals surface area contributed by atoms with Crippen LogP contribution in [0.3, 0.4) is 0 Å². The van der Waals surface area contributed by atoms with Gasteiger partial charge in [-0.15, -0.1) is 0 Å². The summed E-state index contributed by atoms with van der Waals surface area (Å²) < 4.78 is 35.0. The Bertz CT molecular complexity index is 1380. The summed E-state index contributed by atoms with van der Waals surface area (Å²) in [5.41, 5.74) is 1.98. The first kappa shape index (κ1) is 30.2. The summed E-state index contributed by atoms with van der Waals surface area (Å²) in [5.74, 6) is -0.379. The zero-order valence-corrected chi connectivity index (χ0v) is 25.0. The number of hydrogen-bond acceptors (Lipinski definition) is 5. The fourth-order valence-electron chi connectivity index (χ4n) is 3.90. The van der Waals surface area contributed by atoms with Gasteiger partial charge in [0, 0.05) is 23.6 Å². The van der Waals surface area contributed by atoms with Crippen LogP contribution in [-0.4, -0.2) is 51.4 Å². The minimum absolute atomic E-state index is 0.0527. The summed E-state index contributed by atoms with van der Waals surface area (Å²) in [6.07, 6.45) is 0.748. The van der Waals surface area contributed by atoms with Crippen LogP contribution in [0.5, 0.6) is 5.75 Å². The van der Waals surface area contributed by atoms with Crippen molar-refractivity contribution in [1.82, 2.24) is 10.2 Å². The van der Waals surface area contributed by atoms with Crippen molar-refractivity contribution in [2.75, 3.05) is 24.5 Å². The highest BCUT2D eigenvalue weighted by molar-refractivity contribution is 9.10. The predicted molar refractivity (Wildman–Crippen MR) is 156 cm³/mol. The molecule has 0 spiro atoms. The van der Waals surface area contributed by atoms with Gasteiger partial charge in [-0.3, -0.25) is 13.9 Å². The minimum atomic E-state index is -4.14. The molecule has 8 nitrogen and oxygen atoms in total. The Morgan fingerprint density at radius 1 is 1.03 bits per heavy atom. The summed E-state index contributed by atoms with van der Waals surface area (Å²) in [6.45, 7) is 5.55. The van der Waals surface area contributed by atoms with Crippen LogP contribution in [0, 0.1) is 6.92 Å². The number of anilines is 1. The lowest BCUT2D eigenvalue weighted by Gasteiger charge is -2.32. The van der Waals surface area contributed by atoms with Crippen LogP contribution < -0.4 is 14.4 Å². The number of carbonyl (C=O) groups is 2. The van der Waals surface area contributed by atoms with E-state index in [1.54, 1.807) is 43.3 Å². The fourth-order valence-corrected chi connectivity index (χ4v) is 5.57. The van der Waals surface area contributed by atoms with Crippen molar-refractivity contribution in [1.29, 1.82) is 0 Å². The molecule has 3 aromatic rings. The van der Waals surface area contributed by atoms with Crippen molar-refractivity contribution in [3.05, 3.63) is 88.4 Å². The molecule has 3 aromatic carbocycles. The van der Waals surface area contributed by atoms with E-state index >= 15 is 0 Å². The summed E-state index contributed by atoms with van der Waals surface area (Å²) in [7, 11) is -2.65. The molecule has 0 unspecified atom stereocenters. The number of sulfonamides is 1. The summed E-state index contributed by atoms with van der Waals surface area (Å²) >= 11 is 3.41. The molecule has 0 aliphatic rings. The number of amides is 2. The topological polar surface area (TPSA) is 96.0 Å². The Labute approximate surface area is 239 Å². The van der Waals surface area contributed by atoms with Gasteiger partial charge in [-0.25, -0.2) is 8.42 Å². The monoisotopic (exact) mass is 615 g/mol. The maximum absolute atomic E-state index is 13.9. The number of nitrogens with one attached hydrogen (secondary N) is 1. The largest absolute Gasteiger partial charge is 0.497 e. The maximum Gasteiger partial charge on any atom is 0.264 e. The molecule has 0 bridgehead atoms. The van der Waals surface area contributed by atoms with E-state index in [2.05, 4.69) is 21.2 Å². The Balaban J connectivity index is 2.03. The van der Waals surface area contributed by atoms with Crippen LogP contribution in [0.15, 0.2) is 82.2 Å². The normalized spacial score (nSPS) is 11.9. The molecule has 0 heterocycles. The number of benzene rings is 3. The van der Waals surface area contributed by atoms with Crippen LogP contribution in [0.1, 0.15) is 31.4 Å². The molecular formula is C29H34BrN3O5S. The summed E-state index contributed by atoms with van der Waals surface area (Å²) in [6, 6.07) is 19.6. The van der Waals surface area contributed by atoms with E-state index < -0.39 is 28.5 Å². The van der Waals surface area contributed by atoms with Crippen molar-refractivity contribution >= 4 is 43.5 Å². The van der Waals surface area contributed by atoms with E-state index in [0.717, 1.165) is 26.3 Å². The van der Waals surface area contributed by atoms with E-state index in [9.17, 15) is 18.0 Å². The fraction of sp³-hybridized carbons (Fsp3) is 0.310. The lowest BCUT2D eigenvalue weighted by molar-refractivity contribution is -0.139. The highest BCUT2D eigenvalue weighted by Crippen LogP contribution is 2.28. The van der Waals surface area contributed by atoms with Gasteiger partial charge in [0.15, 0.2) is 0 Å². The zero-order valence-electron chi connectivity index (χ0n) is 22.6. The molecule has 2 amide bonds. The molecule has 0 saturated heterocycles. The van der Waals surface area contributed by atoms with Crippen molar-refractivity contribution in [2.24, 2.45) is 0 Å². The molecule has 0 aliphatic heterocycles. The standard InChI is InChI=1S/C29H34BrN3O5S/c1-5-17-31-29(35)22(3)32(19-23-11-13-24(30)14-12-23)28(34)20-33(25-7-6-8-26(18-25)38-4)39(36,37)27-15-9-21(2)10-16-27/h6-16,18,22H,5,17,19-20H2,1-4H3,(H,31,35)/t22-/m0/s1. The smallest absolute Gasteiger partial charge is 0.264 e. The quantitative estimate of drug-likeness (QED) is 0.312. The Hall–Kier alpha value is -3.37. The Morgan fingerprint density at radius 2 is 1.69 bits per heavy atom. The number of ether oxygens (including phenoxy) is 1. The van der Waals surface area contributed by atoms with E-state index in [4.69, 9.17) is 4.74 Å². The molecule has 1 N–H and O–H groups in total. The number of aryl methyl sites for hydroxylation is 1. The third-order valence-corrected chi connectivity index (χ3v) is 8.53. The molecule has 39 heavy (non-hydrogen) atoms. The Kier molecular flexibility index (Phi) is 10.5. The second-order valence-corrected chi connectivity index (χ2v) is 11.9. The van der Waals surface area contributed by atoms with Crippen molar-refractivity contribution in [2.45, 2.75) is 44.7 Å². The highest BCUT2D eigenvalue weighted by atomic mass is 79.9. The lowest BCUT2D eigenvalue weighted by atomic mass is 10.1. The first-order valence-corrected chi connectivity index (χ1v) is 14.8.